The van der Waals surface area contributed by atoms with E-state index in [2.05, 4.69) is 0 Å². The molecule has 0 saturated carbocycles. The zero-order valence-electron chi connectivity index (χ0n) is 6.90. The molecule has 3 N–H and O–H groups in total. The standard InChI is InChI=1S/C9H10FNO2/c10-9(11,8(12)13)6-7-4-2-1-3-5-7/h1-5H,6,11H2,(H,12,13). The van der Waals surface area contributed by atoms with Crippen LogP contribution in [0, 0.1) is 0 Å². The molecule has 0 aliphatic heterocycles. The normalized spacial score (nSPS) is 14.9. The van der Waals surface area contributed by atoms with Gasteiger partial charge in [-0.15, -0.1) is 0 Å². The molecule has 0 aliphatic carbocycles. The maximum Gasteiger partial charge on any atom is 0.356 e. The summed E-state index contributed by atoms with van der Waals surface area (Å²) in [7, 11) is 0. The summed E-state index contributed by atoms with van der Waals surface area (Å²) < 4.78 is 13.1. The van der Waals surface area contributed by atoms with E-state index in [1.54, 1.807) is 30.3 Å². The average Bonchev–Trinajstić information content (AvgIpc) is 2.05. The Morgan fingerprint density at radius 2 is 2.00 bits per heavy atom. The minimum atomic E-state index is -2.68. The largest absolute Gasteiger partial charge is 0.478 e. The molecule has 70 valence electrons. The Kier molecular flexibility index (Phi) is 2.63. The Balaban J connectivity index is 2.75. The molecule has 1 rings (SSSR count). The van der Waals surface area contributed by atoms with E-state index < -0.39 is 11.8 Å². The number of carboxylic acids is 1. The van der Waals surface area contributed by atoms with Crippen LogP contribution < -0.4 is 5.73 Å². The van der Waals surface area contributed by atoms with Crippen molar-refractivity contribution >= 4 is 5.97 Å². The molecular formula is C9H10FNO2. The van der Waals surface area contributed by atoms with Gasteiger partial charge in [0.25, 0.3) is 5.79 Å². The summed E-state index contributed by atoms with van der Waals surface area (Å²) in [4.78, 5) is 10.3. The van der Waals surface area contributed by atoms with Gasteiger partial charge in [0.1, 0.15) is 0 Å². The second-order valence-electron chi connectivity index (χ2n) is 2.83. The molecular weight excluding hydrogens is 173 g/mol. The summed E-state index contributed by atoms with van der Waals surface area (Å²) in [6.45, 7) is 0. The second-order valence-corrected chi connectivity index (χ2v) is 2.83. The molecule has 0 bridgehead atoms. The van der Waals surface area contributed by atoms with Gasteiger partial charge in [0, 0.05) is 6.42 Å². The van der Waals surface area contributed by atoms with Crippen LogP contribution in [0.25, 0.3) is 0 Å². The predicted octanol–water partition coefficient (Wildman–Crippen LogP) is 0.938. The molecule has 0 amide bonds. The smallest absolute Gasteiger partial charge is 0.356 e. The van der Waals surface area contributed by atoms with Crippen molar-refractivity contribution < 1.29 is 14.3 Å². The molecule has 1 atom stereocenters. The van der Waals surface area contributed by atoms with Crippen LogP contribution >= 0.6 is 0 Å². The van der Waals surface area contributed by atoms with Crippen LogP contribution in [0.1, 0.15) is 5.56 Å². The van der Waals surface area contributed by atoms with E-state index in [0.717, 1.165) is 0 Å². The molecule has 13 heavy (non-hydrogen) atoms. The highest BCUT2D eigenvalue weighted by Gasteiger charge is 2.33. The molecule has 1 unspecified atom stereocenters. The Labute approximate surface area is 75.0 Å². The summed E-state index contributed by atoms with van der Waals surface area (Å²) in [6.07, 6.45) is -0.316. The van der Waals surface area contributed by atoms with Crippen molar-refractivity contribution in [1.29, 1.82) is 0 Å². The molecule has 0 aromatic heterocycles. The molecule has 0 heterocycles. The van der Waals surface area contributed by atoms with Crippen LogP contribution in [0.3, 0.4) is 0 Å². The maximum atomic E-state index is 13.1. The molecule has 1 aromatic rings. The second kappa shape index (κ2) is 3.53. The predicted molar refractivity (Wildman–Crippen MR) is 45.8 cm³/mol. The molecule has 0 fully saturated rings. The molecule has 3 nitrogen and oxygen atoms in total. The first-order chi connectivity index (χ1) is 6.02. The lowest BCUT2D eigenvalue weighted by Gasteiger charge is -2.14. The Morgan fingerprint density at radius 1 is 1.46 bits per heavy atom. The van der Waals surface area contributed by atoms with E-state index in [0.29, 0.717) is 5.56 Å². The molecule has 0 saturated heterocycles. The third-order valence-electron chi connectivity index (χ3n) is 1.66. The first kappa shape index (κ1) is 9.67. The zero-order chi connectivity index (χ0) is 9.90. The molecule has 0 radical (unpaired) electrons. The van der Waals surface area contributed by atoms with E-state index in [9.17, 15) is 9.18 Å². The lowest BCUT2D eigenvalue weighted by atomic mass is 10.1. The van der Waals surface area contributed by atoms with E-state index >= 15 is 0 Å². The van der Waals surface area contributed by atoms with Crippen molar-refractivity contribution in [2.45, 2.75) is 12.2 Å². The van der Waals surface area contributed by atoms with Gasteiger partial charge in [0.15, 0.2) is 0 Å². The number of carbonyl (C=O) groups is 1. The zero-order valence-corrected chi connectivity index (χ0v) is 6.90. The van der Waals surface area contributed by atoms with Crippen LogP contribution in [-0.4, -0.2) is 16.9 Å². The number of rotatable bonds is 3. The fraction of sp³-hybridized carbons (Fsp3) is 0.222. The van der Waals surface area contributed by atoms with Crippen LogP contribution in [0.15, 0.2) is 30.3 Å². The van der Waals surface area contributed by atoms with E-state index in [1.807, 2.05) is 0 Å². The molecule has 0 aliphatic rings. The van der Waals surface area contributed by atoms with Crippen LogP contribution in [-0.2, 0) is 11.2 Å². The van der Waals surface area contributed by atoms with Crippen molar-refractivity contribution in [3.63, 3.8) is 0 Å². The third kappa shape index (κ3) is 2.52. The van der Waals surface area contributed by atoms with Gasteiger partial charge in [-0.05, 0) is 5.56 Å². The third-order valence-corrected chi connectivity index (χ3v) is 1.66. The maximum absolute atomic E-state index is 13.1. The van der Waals surface area contributed by atoms with E-state index in [1.165, 1.54) is 0 Å². The van der Waals surface area contributed by atoms with Gasteiger partial charge >= 0.3 is 5.97 Å². The van der Waals surface area contributed by atoms with Crippen LogP contribution in [0.5, 0.6) is 0 Å². The first-order valence-corrected chi connectivity index (χ1v) is 3.77. The number of carboxylic acid groups (broad SMARTS) is 1. The van der Waals surface area contributed by atoms with Gasteiger partial charge < -0.3 is 5.11 Å². The number of halogens is 1. The topological polar surface area (TPSA) is 63.3 Å². The lowest BCUT2D eigenvalue weighted by Crippen LogP contribution is -2.45. The monoisotopic (exact) mass is 183 g/mol. The number of hydrogen-bond donors (Lipinski definition) is 2. The highest BCUT2D eigenvalue weighted by molar-refractivity contribution is 5.76. The fourth-order valence-corrected chi connectivity index (χ4v) is 0.969. The van der Waals surface area contributed by atoms with Gasteiger partial charge in [-0.1, -0.05) is 30.3 Å². The van der Waals surface area contributed by atoms with Gasteiger partial charge in [-0.25, -0.2) is 9.18 Å². The summed E-state index contributed by atoms with van der Waals surface area (Å²) in [5, 5.41) is 8.40. The van der Waals surface area contributed by atoms with Gasteiger partial charge in [0.05, 0.1) is 0 Å². The van der Waals surface area contributed by atoms with E-state index in [-0.39, 0.29) is 6.42 Å². The fourth-order valence-electron chi connectivity index (χ4n) is 0.969. The Bertz CT molecular complexity index is 298. The SMILES string of the molecule is NC(F)(Cc1ccccc1)C(=O)O. The quantitative estimate of drug-likeness (QED) is 0.685. The number of aliphatic carboxylic acids is 1. The Morgan fingerprint density at radius 3 is 2.46 bits per heavy atom. The van der Waals surface area contributed by atoms with Gasteiger partial charge in [0.2, 0.25) is 0 Å². The number of hydrogen-bond acceptors (Lipinski definition) is 2. The summed E-state index contributed by atoms with van der Waals surface area (Å²) in [5.74, 6) is -4.32. The van der Waals surface area contributed by atoms with E-state index in [4.69, 9.17) is 10.8 Å². The van der Waals surface area contributed by atoms with Crippen molar-refractivity contribution in [2.75, 3.05) is 0 Å². The Hall–Kier alpha value is -1.42. The highest BCUT2D eigenvalue weighted by Crippen LogP contribution is 2.12. The van der Waals surface area contributed by atoms with Crippen molar-refractivity contribution in [3.8, 4) is 0 Å². The first-order valence-electron chi connectivity index (χ1n) is 3.77. The summed E-state index contributed by atoms with van der Waals surface area (Å²) in [6, 6.07) is 8.43. The lowest BCUT2D eigenvalue weighted by molar-refractivity contribution is -0.150. The van der Waals surface area contributed by atoms with Gasteiger partial charge in [-0.2, -0.15) is 0 Å². The highest BCUT2D eigenvalue weighted by atomic mass is 19.1. The van der Waals surface area contributed by atoms with Crippen molar-refractivity contribution in [1.82, 2.24) is 0 Å². The molecule has 0 spiro atoms. The summed E-state index contributed by atoms with van der Waals surface area (Å²) >= 11 is 0. The average molecular weight is 183 g/mol. The summed E-state index contributed by atoms with van der Waals surface area (Å²) in [5.41, 5.74) is 5.49. The minimum Gasteiger partial charge on any atom is -0.478 e. The van der Waals surface area contributed by atoms with Crippen LogP contribution in [0.4, 0.5) is 4.39 Å². The number of alkyl halides is 1. The minimum absolute atomic E-state index is 0.316. The van der Waals surface area contributed by atoms with Crippen LogP contribution in [0.2, 0.25) is 0 Å². The van der Waals surface area contributed by atoms with Gasteiger partial charge in [-0.3, -0.25) is 5.73 Å². The number of nitrogens with two attached hydrogens (primary N) is 1. The number of benzene rings is 1. The van der Waals surface area contributed by atoms with Crippen molar-refractivity contribution in [2.24, 2.45) is 5.73 Å². The molecule has 1 aromatic carbocycles. The van der Waals surface area contributed by atoms with Crippen molar-refractivity contribution in [3.05, 3.63) is 35.9 Å². The molecule has 4 heteroatoms.